The monoisotopic (exact) mass is 422 g/mol. The van der Waals surface area contributed by atoms with Gasteiger partial charge in [-0.05, 0) is 56.9 Å². The maximum Gasteiger partial charge on any atom is 0.186 e. The van der Waals surface area contributed by atoms with Crippen LogP contribution in [0.3, 0.4) is 0 Å². The number of nitrogens with zero attached hydrogens (tertiary/aromatic N) is 5. The molecule has 2 aliphatic rings. The Hall–Kier alpha value is -2.58. The maximum absolute atomic E-state index is 15.0. The van der Waals surface area contributed by atoms with E-state index in [0.29, 0.717) is 23.6 Å². The summed E-state index contributed by atoms with van der Waals surface area (Å²) >= 11 is 1.56. The molecule has 8 heteroatoms. The molecular formula is C22H23FN6S. The highest BCUT2D eigenvalue weighted by Crippen LogP contribution is 2.37. The van der Waals surface area contributed by atoms with Crippen molar-refractivity contribution in [2.45, 2.75) is 50.7 Å². The van der Waals surface area contributed by atoms with E-state index >= 15 is 0 Å². The number of benzene rings is 1. The fourth-order valence-corrected chi connectivity index (χ4v) is 5.98. The van der Waals surface area contributed by atoms with Gasteiger partial charge in [-0.2, -0.15) is 5.10 Å². The average molecular weight is 423 g/mol. The van der Waals surface area contributed by atoms with Gasteiger partial charge >= 0.3 is 0 Å². The molecule has 1 N–H and O–H groups in total. The molecule has 6 rings (SSSR count). The van der Waals surface area contributed by atoms with E-state index in [4.69, 9.17) is 0 Å². The molecule has 2 fully saturated rings. The summed E-state index contributed by atoms with van der Waals surface area (Å²) in [5.74, 6) is -0.299. The van der Waals surface area contributed by atoms with E-state index in [9.17, 15) is 4.39 Å². The Bertz CT molecular complexity index is 1250. The number of hydrogen-bond acceptors (Lipinski definition) is 6. The summed E-state index contributed by atoms with van der Waals surface area (Å²) in [7, 11) is 2.10. The highest BCUT2D eigenvalue weighted by molar-refractivity contribution is 7.22. The lowest BCUT2D eigenvalue weighted by atomic mass is 9.99. The first kappa shape index (κ1) is 18.2. The summed E-state index contributed by atoms with van der Waals surface area (Å²) < 4.78 is 17.6. The van der Waals surface area contributed by atoms with E-state index in [0.717, 1.165) is 45.3 Å². The zero-order valence-electron chi connectivity index (χ0n) is 17.0. The van der Waals surface area contributed by atoms with Crippen LogP contribution in [0.4, 0.5) is 9.52 Å². The molecular weight excluding hydrogens is 399 g/mol. The van der Waals surface area contributed by atoms with E-state index in [-0.39, 0.29) is 5.82 Å². The first-order valence-electron chi connectivity index (χ1n) is 10.5. The number of aryl methyl sites for hydroxylation is 1. The maximum atomic E-state index is 15.0. The summed E-state index contributed by atoms with van der Waals surface area (Å²) in [5.41, 5.74) is 3.62. The molecule has 2 aliphatic heterocycles. The number of fused-ring (bicyclic) bond motifs is 4. The molecule has 0 saturated carbocycles. The number of imidazole rings is 1. The molecule has 0 spiro atoms. The van der Waals surface area contributed by atoms with Crippen molar-refractivity contribution >= 4 is 32.3 Å². The van der Waals surface area contributed by atoms with Gasteiger partial charge in [0.25, 0.3) is 0 Å². The molecule has 3 atom stereocenters. The number of nitrogens with one attached hydrogen (secondary N) is 1. The van der Waals surface area contributed by atoms with Crippen molar-refractivity contribution in [1.82, 2.24) is 24.9 Å². The van der Waals surface area contributed by atoms with E-state index in [1.165, 1.54) is 18.9 Å². The third kappa shape index (κ3) is 2.97. The fourth-order valence-electron chi connectivity index (χ4n) is 4.93. The van der Waals surface area contributed by atoms with Crippen LogP contribution in [0.5, 0.6) is 0 Å². The zero-order chi connectivity index (χ0) is 20.4. The van der Waals surface area contributed by atoms with Crippen molar-refractivity contribution in [2.75, 3.05) is 11.9 Å². The summed E-state index contributed by atoms with van der Waals surface area (Å²) in [4.78, 5) is 11.3. The van der Waals surface area contributed by atoms with Gasteiger partial charge in [-0.1, -0.05) is 11.3 Å². The number of thiazole rings is 1. The lowest BCUT2D eigenvalue weighted by Crippen LogP contribution is -2.47. The number of piperidine rings is 1. The van der Waals surface area contributed by atoms with Gasteiger partial charge in [0.1, 0.15) is 5.52 Å². The molecule has 1 aromatic carbocycles. The van der Waals surface area contributed by atoms with Crippen molar-refractivity contribution in [2.24, 2.45) is 0 Å². The molecule has 2 bridgehead atoms. The van der Waals surface area contributed by atoms with Crippen LogP contribution in [0.1, 0.15) is 31.4 Å². The fraction of sp³-hybridized carbons (Fsp3) is 0.409. The normalized spacial score (nSPS) is 23.5. The summed E-state index contributed by atoms with van der Waals surface area (Å²) in [6.07, 6.45) is 6.66. The summed E-state index contributed by atoms with van der Waals surface area (Å²) in [6, 6.07) is 9.02. The quantitative estimate of drug-likeness (QED) is 0.537. The standard InChI is InChI=1S/C22H23FN6S/c1-12-11-29-20(24-12)6-5-18(27-29)13-7-17(23)21-19(8-13)30-22(26-21)28(2)16-9-14-3-4-15(10-16)25-14/h5-8,11,14-16,25H,3-4,9-10H2,1-2H3/t14-,15+,16-. The Morgan fingerprint density at radius 1 is 1.17 bits per heavy atom. The zero-order valence-corrected chi connectivity index (χ0v) is 17.8. The van der Waals surface area contributed by atoms with Gasteiger partial charge in [0.05, 0.1) is 22.3 Å². The molecule has 2 saturated heterocycles. The minimum Gasteiger partial charge on any atom is -0.348 e. The lowest BCUT2D eigenvalue weighted by Gasteiger charge is -2.35. The second-order valence-electron chi connectivity index (χ2n) is 8.58. The number of anilines is 1. The van der Waals surface area contributed by atoms with Crippen molar-refractivity contribution in [1.29, 1.82) is 0 Å². The van der Waals surface area contributed by atoms with Crippen molar-refractivity contribution in [3.63, 3.8) is 0 Å². The van der Waals surface area contributed by atoms with Gasteiger partial charge in [-0.3, -0.25) is 0 Å². The van der Waals surface area contributed by atoms with E-state index < -0.39 is 0 Å². The van der Waals surface area contributed by atoms with Gasteiger partial charge in [-0.15, -0.1) is 0 Å². The average Bonchev–Trinajstić information content (AvgIpc) is 3.42. The van der Waals surface area contributed by atoms with Crippen LogP contribution in [0, 0.1) is 12.7 Å². The van der Waals surface area contributed by atoms with Crippen LogP contribution in [0.25, 0.3) is 27.1 Å². The van der Waals surface area contributed by atoms with Crippen LogP contribution in [-0.4, -0.2) is 44.8 Å². The van der Waals surface area contributed by atoms with E-state index in [2.05, 4.69) is 32.3 Å². The molecule has 0 amide bonds. The highest BCUT2D eigenvalue weighted by Gasteiger charge is 2.35. The van der Waals surface area contributed by atoms with Gasteiger partial charge in [0, 0.05) is 30.7 Å². The van der Waals surface area contributed by atoms with E-state index in [1.807, 2.05) is 31.3 Å². The van der Waals surface area contributed by atoms with Gasteiger partial charge in [0.15, 0.2) is 16.6 Å². The Morgan fingerprint density at radius 3 is 2.77 bits per heavy atom. The predicted octanol–water partition coefficient (Wildman–Crippen LogP) is 4.17. The lowest BCUT2D eigenvalue weighted by molar-refractivity contribution is 0.354. The van der Waals surface area contributed by atoms with Crippen LogP contribution in [0.15, 0.2) is 30.5 Å². The van der Waals surface area contributed by atoms with Gasteiger partial charge in [0.2, 0.25) is 0 Å². The number of hydrogen-bond donors (Lipinski definition) is 1. The minimum absolute atomic E-state index is 0.299. The number of aromatic nitrogens is 4. The second-order valence-corrected chi connectivity index (χ2v) is 9.59. The molecule has 154 valence electrons. The van der Waals surface area contributed by atoms with Crippen molar-refractivity contribution in [3.05, 3.63) is 42.0 Å². The highest BCUT2D eigenvalue weighted by atomic mass is 32.1. The second kappa shape index (κ2) is 6.72. The van der Waals surface area contributed by atoms with Gasteiger partial charge in [-0.25, -0.2) is 18.9 Å². The van der Waals surface area contributed by atoms with Gasteiger partial charge < -0.3 is 10.2 Å². The van der Waals surface area contributed by atoms with Crippen LogP contribution >= 0.6 is 11.3 Å². The summed E-state index contributed by atoms with van der Waals surface area (Å²) in [6.45, 7) is 1.93. The first-order valence-corrected chi connectivity index (χ1v) is 11.3. The third-order valence-electron chi connectivity index (χ3n) is 6.47. The largest absolute Gasteiger partial charge is 0.348 e. The molecule has 0 radical (unpaired) electrons. The molecule has 4 aromatic rings. The van der Waals surface area contributed by atoms with Crippen molar-refractivity contribution in [3.8, 4) is 11.3 Å². The number of rotatable bonds is 3. The van der Waals surface area contributed by atoms with E-state index in [1.54, 1.807) is 15.9 Å². The van der Waals surface area contributed by atoms with Crippen LogP contribution < -0.4 is 10.2 Å². The van der Waals surface area contributed by atoms with Crippen molar-refractivity contribution < 1.29 is 4.39 Å². The number of halogens is 1. The minimum atomic E-state index is -0.299. The Labute approximate surface area is 177 Å². The molecule has 6 nitrogen and oxygen atoms in total. The molecule has 30 heavy (non-hydrogen) atoms. The first-order chi connectivity index (χ1) is 14.5. The van der Waals surface area contributed by atoms with Crippen LogP contribution in [0.2, 0.25) is 0 Å². The Balaban J connectivity index is 1.36. The Morgan fingerprint density at radius 2 is 1.97 bits per heavy atom. The molecule has 5 heterocycles. The summed E-state index contributed by atoms with van der Waals surface area (Å²) in [5, 5.41) is 9.18. The van der Waals surface area contributed by atoms with Crippen LogP contribution in [-0.2, 0) is 0 Å². The third-order valence-corrected chi connectivity index (χ3v) is 7.56. The molecule has 0 unspecified atom stereocenters. The topological polar surface area (TPSA) is 58.4 Å². The SMILES string of the molecule is Cc1cn2nc(-c3cc(F)c4nc(N(C)[C@@H]5C[C@H]6CC[C@@H](C5)N6)sc4c3)ccc2n1. The Kier molecular flexibility index (Phi) is 4.08. The smallest absolute Gasteiger partial charge is 0.186 e. The molecule has 0 aliphatic carbocycles. The molecule has 3 aromatic heterocycles. The predicted molar refractivity (Wildman–Crippen MR) is 118 cm³/mol.